The number of aliphatic imine (C=N–C) groups is 1. The Morgan fingerprint density at radius 2 is 1.89 bits per heavy atom. The van der Waals surface area contributed by atoms with Gasteiger partial charge in [-0.3, -0.25) is 4.99 Å². The number of hydrogen-bond acceptors (Lipinski definition) is 4. The highest BCUT2D eigenvalue weighted by molar-refractivity contribution is 5.79. The summed E-state index contributed by atoms with van der Waals surface area (Å²) in [5.41, 5.74) is 1.18. The van der Waals surface area contributed by atoms with Crippen molar-refractivity contribution in [2.24, 2.45) is 16.8 Å². The fourth-order valence-electron chi connectivity index (χ4n) is 3.56. The van der Waals surface area contributed by atoms with E-state index in [1.807, 2.05) is 13.1 Å². The molecule has 0 atom stereocenters. The Balaban J connectivity index is 1.38. The lowest BCUT2D eigenvalue weighted by Crippen LogP contribution is -2.43. The minimum atomic E-state index is 0.700. The molecule has 1 aromatic carbocycles. The van der Waals surface area contributed by atoms with Gasteiger partial charge >= 0.3 is 0 Å². The summed E-state index contributed by atoms with van der Waals surface area (Å²) in [5, 5.41) is 6.94. The molecule has 2 N–H and O–H groups in total. The Morgan fingerprint density at radius 1 is 1.11 bits per heavy atom. The van der Waals surface area contributed by atoms with E-state index < -0.39 is 0 Å². The maximum Gasteiger partial charge on any atom is 0.191 e. The van der Waals surface area contributed by atoms with Gasteiger partial charge < -0.3 is 25.0 Å². The third-order valence-electron chi connectivity index (χ3n) is 5.69. The molecule has 1 aromatic rings. The third kappa shape index (κ3) is 6.99. The molecule has 0 unspecified atom stereocenters. The molecule has 1 saturated heterocycles. The fraction of sp³-hybridized carbons (Fsp3) is 0.682. The number of likely N-dealkylation sites (tertiary alicyclic amines) is 1. The SMILES string of the molecule is CN=C(NCc1ccccc1OCC1CC1)NCC1CCN(CCOC)CC1. The van der Waals surface area contributed by atoms with E-state index in [0.717, 1.165) is 63.6 Å². The lowest BCUT2D eigenvalue weighted by molar-refractivity contribution is 0.121. The highest BCUT2D eigenvalue weighted by Crippen LogP contribution is 2.30. The van der Waals surface area contributed by atoms with Crippen LogP contribution in [0.5, 0.6) is 5.75 Å². The zero-order chi connectivity index (χ0) is 19.6. The summed E-state index contributed by atoms with van der Waals surface area (Å²) in [7, 11) is 3.60. The summed E-state index contributed by atoms with van der Waals surface area (Å²) in [4.78, 5) is 6.88. The largest absolute Gasteiger partial charge is 0.493 e. The molecule has 0 bridgehead atoms. The van der Waals surface area contributed by atoms with Crippen molar-refractivity contribution in [2.45, 2.75) is 32.2 Å². The van der Waals surface area contributed by atoms with Gasteiger partial charge in [0.2, 0.25) is 0 Å². The van der Waals surface area contributed by atoms with Crippen LogP contribution in [0.2, 0.25) is 0 Å². The van der Waals surface area contributed by atoms with Crippen LogP contribution in [-0.4, -0.2) is 64.4 Å². The van der Waals surface area contributed by atoms with Crippen LogP contribution in [0.4, 0.5) is 0 Å². The second kappa shape index (κ2) is 11.3. The number of rotatable bonds is 10. The first-order chi connectivity index (χ1) is 13.8. The van der Waals surface area contributed by atoms with Crippen LogP contribution in [-0.2, 0) is 11.3 Å². The number of nitrogens with one attached hydrogen (secondary N) is 2. The lowest BCUT2D eigenvalue weighted by atomic mass is 9.97. The Hall–Kier alpha value is -1.79. The van der Waals surface area contributed by atoms with E-state index in [9.17, 15) is 0 Å². The number of nitrogens with zero attached hydrogens (tertiary/aromatic N) is 2. The van der Waals surface area contributed by atoms with Gasteiger partial charge in [-0.1, -0.05) is 18.2 Å². The van der Waals surface area contributed by atoms with Crippen molar-refractivity contribution in [3.05, 3.63) is 29.8 Å². The van der Waals surface area contributed by atoms with Crippen LogP contribution >= 0.6 is 0 Å². The molecule has 1 aliphatic heterocycles. The number of piperidine rings is 1. The summed E-state index contributed by atoms with van der Waals surface area (Å²) >= 11 is 0. The zero-order valence-electron chi connectivity index (χ0n) is 17.5. The fourth-order valence-corrected chi connectivity index (χ4v) is 3.56. The van der Waals surface area contributed by atoms with Crippen LogP contribution in [0.3, 0.4) is 0 Å². The molecule has 3 rings (SSSR count). The van der Waals surface area contributed by atoms with Crippen molar-refractivity contribution >= 4 is 5.96 Å². The number of benzene rings is 1. The normalized spacial score (nSPS) is 18.9. The first-order valence-corrected chi connectivity index (χ1v) is 10.6. The predicted octanol–water partition coefficient (Wildman–Crippen LogP) is 2.50. The molecule has 0 radical (unpaired) electrons. The molecule has 0 aromatic heterocycles. The molecule has 1 heterocycles. The average molecular weight is 389 g/mol. The minimum Gasteiger partial charge on any atom is -0.493 e. The van der Waals surface area contributed by atoms with Gasteiger partial charge in [0.05, 0.1) is 13.2 Å². The monoisotopic (exact) mass is 388 g/mol. The molecule has 2 fully saturated rings. The third-order valence-corrected chi connectivity index (χ3v) is 5.69. The van der Waals surface area contributed by atoms with Crippen molar-refractivity contribution < 1.29 is 9.47 Å². The van der Waals surface area contributed by atoms with E-state index in [1.54, 1.807) is 7.11 Å². The van der Waals surface area contributed by atoms with Crippen LogP contribution in [0.1, 0.15) is 31.2 Å². The summed E-state index contributed by atoms with van der Waals surface area (Å²) in [6.45, 7) is 6.72. The van der Waals surface area contributed by atoms with Crippen molar-refractivity contribution in [1.29, 1.82) is 0 Å². The van der Waals surface area contributed by atoms with Gasteiger partial charge in [0.25, 0.3) is 0 Å². The second-order valence-electron chi connectivity index (χ2n) is 7.95. The molecule has 0 amide bonds. The maximum absolute atomic E-state index is 6.01. The summed E-state index contributed by atoms with van der Waals surface area (Å²) in [6, 6.07) is 8.29. The van der Waals surface area contributed by atoms with Gasteiger partial charge in [-0.15, -0.1) is 0 Å². The van der Waals surface area contributed by atoms with Gasteiger partial charge in [-0.2, -0.15) is 0 Å². The molecule has 1 aliphatic carbocycles. The molecular weight excluding hydrogens is 352 g/mol. The van der Waals surface area contributed by atoms with Crippen molar-refractivity contribution in [3.63, 3.8) is 0 Å². The Labute approximate surface area is 169 Å². The number of guanidine groups is 1. The first kappa shape index (κ1) is 20.9. The smallest absolute Gasteiger partial charge is 0.191 e. The van der Waals surface area contributed by atoms with Crippen LogP contribution < -0.4 is 15.4 Å². The summed E-state index contributed by atoms with van der Waals surface area (Å²) in [6.07, 6.45) is 5.07. The van der Waals surface area contributed by atoms with Gasteiger partial charge in [0, 0.05) is 39.4 Å². The number of methoxy groups -OCH3 is 1. The van der Waals surface area contributed by atoms with E-state index in [2.05, 4.69) is 38.7 Å². The molecule has 1 saturated carbocycles. The average Bonchev–Trinajstić information content (AvgIpc) is 3.57. The lowest BCUT2D eigenvalue weighted by Gasteiger charge is -2.32. The maximum atomic E-state index is 6.01. The Kier molecular flexibility index (Phi) is 8.42. The number of ether oxygens (including phenoxy) is 2. The van der Waals surface area contributed by atoms with E-state index in [0.29, 0.717) is 5.92 Å². The molecule has 156 valence electrons. The quantitative estimate of drug-likeness (QED) is 0.476. The Bertz CT molecular complexity index is 610. The first-order valence-electron chi connectivity index (χ1n) is 10.6. The van der Waals surface area contributed by atoms with E-state index in [-0.39, 0.29) is 0 Å². The number of para-hydroxylation sites is 1. The highest BCUT2D eigenvalue weighted by atomic mass is 16.5. The van der Waals surface area contributed by atoms with Gasteiger partial charge in [0.1, 0.15) is 5.75 Å². The summed E-state index contributed by atoms with van der Waals surface area (Å²) < 4.78 is 11.2. The predicted molar refractivity (Wildman–Crippen MR) is 114 cm³/mol. The Morgan fingerprint density at radius 3 is 2.61 bits per heavy atom. The topological polar surface area (TPSA) is 58.1 Å². The molecular formula is C22H36N4O2. The van der Waals surface area contributed by atoms with Gasteiger partial charge in [-0.25, -0.2) is 0 Å². The summed E-state index contributed by atoms with van der Waals surface area (Å²) in [5.74, 6) is 3.31. The zero-order valence-corrected chi connectivity index (χ0v) is 17.5. The number of hydrogen-bond donors (Lipinski definition) is 2. The van der Waals surface area contributed by atoms with Gasteiger partial charge in [0.15, 0.2) is 5.96 Å². The molecule has 6 nitrogen and oxygen atoms in total. The molecule has 0 spiro atoms. The minimum absolute atomic E-state index is 0.700. The van der Waals surface area contributed by atoms with Crippen LogP contribution in [0, 0.1) is 11.8 Å². The van der Waals surface area contributed by atoms with Crippen molar-refractivity contribution in [2.75, 3.05) is 53.6 Å². The standard InChI is InChI=1S/C22H36N4O2/c1-23-22(24-15-18-9-11-26(12-10-18)13-14-27-2)25-16-20-5-3-4-6-21(20)28-17-19-7-8-19/h3-6,18-19H,7-17H2,1-2H3,(H2,23,24,25). The molecule has 2 aliphatic rings. The van der Waals surface area contributed by atoms with E-state index >= 15 is 0 Å². The van der Waals surface area contributed by atoms with Crippen molar-refractivity contribution in [1.82, 2.24) is 15.5 Å². The van der Waals surface area contributed by atoms with E-state index in [1.165, 1.54) is 31.2 Å². The second-order valence-corrected chi connectivity index (χ2v) is 7.95. The molecule has 6 heteroatoms. The van der Waals surface area contributed by atoms with Crippen LogP contribution in [0.15, 0.2) is 29.3 Å². The van der Waals surface area contributed by atoms with Crippen molar-refractivity contribution in [3.8, 4) is 5.75 Å². The molecule has 28 heavy (non-hydrogen) atoms. The van der Waals surface area contributed by atoms with E-state index in [4.69, 9.17) is 9.47 Å². The highest BCUT2D eigenvalue weighted by Gasteiger charge is 2.22. The van der Waals surface area contributed by atoms with Gasteiger partial charge in [-0.05, 0) is 56.7 Å². The van der Waals surface area contributed by atoms with Crippen LogP contribution in [0.25, 0.3) is 0 Å².